The number of benzene rings is 2. The molecule has 0 saturated carbocycles. The van der Waals surface area contributed by atoms with Gasteiger partial charge in [-0.25, -0.2) is 4.79 Å². The number of aromatic hydroxyl groups is 1. The number of nitriles is 1. The number of amides is 1. The molecule has 2 aromatic carbocycles. The Kier molecular flexibility index (Phi) is 8.60. The molecular weight excluding hydrogens is 570 g/mol. The summed E-state index contributed by atoms with van der Waals surface area (Å²) in [5.74, 6) is 1.04. The lowest BCUT2D eigenvalue weighted by atomic mass is 10.0. The van der Waals surface area contributed by atoms with E-state index in [2.05, 4.69) is 33.9 Å². The van der Waals surface area contributed by atoms with E-state index in [0.29, 0.717) is 51.3 Å². The zero-order chi connectivity index (χ0) is 31.7. The lowest BCUT2D eigenvalue weighted by molar-refractivity contribution is 0.0144. The highest BCUT2D eigenvalue weighted by molar-refractivity contribution is 5.95. The van der Waals surface area contributed by atoms with Crippen LogP contribution < -0.4 is 14.5 Å². The van der Waals surface area contributed by atoms with Crippen molar-refractivity contribution < 1.29 is 19.4 Å². The van der Waals surface area contributed by atoms with Gasteiger partial charge in [0.15, 0.2) is 0 Å². The van der Waals surface area contributed by atoms with E-state index in [-0.39, 0.29) is 18.2 Å². The minimum Gasteiger partial charge on any atom is -0.508 e. The van der Waals surface area contributed by atoms with Crippen molar-refractivity contribution in [1.29, 1.82) is 5.26 Å². The molecule has 0 aliphatic carbocycles. The summed E-state index contributed by atoms with van der Waals surface area (Å²) in [6.07, 6.45) is 2.73. The number of phenols is 1. The molecule has 2 saturated heterocycles. The van der Waals surface area contributed by atoms with Crippen LogP contribution >= 0.6 is 0 Å². The minimum atomic E-state index is -0.622. The third-order valence-electron chi connectivity index (χ3n) is 9.00. The first-order chi connectivity index (χ1) is 21.6. The van der Waals surface area contributed by atoms with Gasteiger partial charge in [-0.3, -0.25) is 0 Å². The van der Waals surface area contributed by atoms with Crippen LogP contribution in [0.5, 0.6) is 11.8 Å². The largest absolute Gasteiger partial charge is 0.508 e. The number of rotatable bonds is 6. The number of hydrogen-bond donors (Lipinski definition) is 1. The van der Waals surface area contributed by atoms with Gasteiger partial charge in [-0.15, -0.1) is 0 Å². The van der Waals surface area contributed by atoms with Crippen molar-refractivity contribution in [3.63, 3.8) is 0 Å². The predicted molar refractivity (Wildman–Crippen MR) is 173 cm³/mol. The van der Waals surface area contributed by atoms with Crippen molar-refractivity contribution in [2.45, 2.75) is 70.7 Å². The second kappa shape index (κ2) is 12.6. The molecule has 2 atom stereocenters. The van der Waals surface area contributed by atoms with Gasteiger partial charge in [0.25, 0.3) is 0 Å². The van der Waals surface area contributed by atoms with Crippen LogP contribution in [0.25, 0.3) is 10.8 Å². The maximum absolute atomic E-state index is 13.1. The number of phenolic OH excluding ortho intramolecular Hbond substituents is 1. The van der Waals surface area contributed by atoms with E-state index in [4.69, 9.17) is 19.4 Å². The normalized spacial score (nSPS) is 20.6. The van der Waals surface area contributed by atoms with Crippen LogP contribution in [0.4, 0.5) is 16.3 Å². The Hall–Kier alpha value is -4.30. The van der Waals surface area contributed by atoms with Gasteiger partial charge in [0.2, 0.25) is 0 Å². The smallest absolute Gasteiger partial charge is 0.410 e. The molecule has 1 amide bonds. The van der Waals surface area contributed by atoms with E-state index in [1.807, 2.05) is 45.0 Å². The average molecular weight is 614 g/mol. The van der Waals surface area contributed by atoms with E-state index in [9.17, 15) is 15.2 Å². The van der Waals surface area contributed by atoms with Gasteiger partial charge in [-0.1, -0.05) is 24.3 Å². The Labute approximate surface area is 265 Å². The third kappa shape index (κ3) is 6.71. The van der Waals surface area contributed by atoms with Crippen LogP contribution in [-0.2, 0) is 17.7 Å². The summed E-state index contributed by atoms with van der Waals surface area (Å²) in [4.78, 5) is 31.4. The molecule has 0 spiro atoms. The molecule has 3 aliphatic heterocycles. The first-order valence-electron chi connectivity index (χ1n) is 15.9. The Morgan fingerprint density at radius 1 is 1.09 bits per heavy atom. The molecule has 11 heteroatoms. The number of anilines is 2. The predicted octanol–water partition coefficient (Wildman–Crippen LogP) is 4.71. The summed E-state index contributed by atoms with van der Waals surface area (Å²) >= 11 is 0. The Morgan fingerprint density at radius 3 is 2.67 bits per heavy atom. The van der Waals surface area contributed by atoms with Crippen LogP contribution in [0.15, 0.2) is 36.4 Å². The lowest BCUT2D eigenvalue weighted by Crippen LogP contribution is -2.56. The van der Waals surface area contributed by atoms with E-state index in [1.165, 1.54) is 0 Å². The van der Waals surface area contributed by atoms with Crippen molar-refractivity contribution in [3.05, 3.63) is 47.7 Å². The van der Waals surface area contributed by atoms with E-state index in [1.54, 1.807) is 11.0 Å². The Balaban J connectivity index is 1.32. The van der Waals surface area contributed by atoms with E-state index < -0.39 is 11.7 Å². The molecule has 2 unspecified atom stereocenters. The number of carbonyl (C=O) groups is 1. The molecule has 1 N–H and O–H groups in total. The molecule has 0 bridgehead atoms. The molecule has 11 nitrogen and oxygen atoms in total. The zero-order valence-corrected chi connectivity index (χ0v) is 26.7. The first kappa shape index (κ1) is 30.7. The number of hydrogen-bond acceptors (Lipinski definition) is 10. The number of fused-ring (bicyclic) bond motifs is 2. The molecule has 3 aliphatic rings. The van der Waals surface area contributed by atoms with Gasteiger partial charge < -0.3 is 34.2 Å². The van der Waals surface area contributed by atoms with Gasteiger partial charge >= 0.3 is 12.1 Å². The minimum absolute atomic E-state index is 0.193. The van der Waals surface area contributed by atoms with Crippen molar-refractivity contribution in [2.24, 2.45) is 0 Å². The number of aromatic nitrogens is 2. The number of likely N-dealkylation sites (N-methyl/N-ethyl adjacent to an activating group) is 1. The standard InChI is InChI=1S/C34H43N7O4/c1-34(2,3)45-33(43)41-17-16-40(20-24(41)11-13-35)31-28-12-15-39(30-19-26(42)18-23-8-5-6-10-27(23)30)21-29(28)36-32(37-31)44-22-25-9-7-14-38(25)4/h5-6,8,10,18-19,24-25,42H,7,9,11-12,14-17,20-22H2,1-4H3. The molecule has 2 fully saturated rings. The topological polar surface area (TPSA) is 118 Å². The van der Waals surface area contributed by atoms with Crippen molar-refractivity contribution >= 4 is 28.4 Å². The maximum Gasteiger partial charge on any atom is 0.410 e. The number of likely N-dealkylation sites (tertiary alicyclic amines) is 1. The molecular formula is C34H43N7O4. The fourth-order valence-electron chi connectivity index (χ4n) is 6.71. The highest BCUT2D eigenvalue weighted by atomic mass is 16.6. The number of nitrogens with zero attached hydrogens (tertiary/aromatic N) is 7. The Bertz CT molecular complexity index is 1600. The van der Waals surface area contributed by atoms with Crippen molar-refractivity contribution in [3.8, 4) is 17.8 Å². The summed E-state index contributed by atoms with van der Waals surface area (Å²) < 4.78 is 12.0. The fraction of sp³-hybridized carbons (Fsp3) is 0.529. The molecule has 4 heterocycles. The molecule has 238 valence electrons. The number of ether oxygens (including phenoxy) is 2. The summed E-state index contributed by atoms with van der Waals surface area (Å²) in [7, 11) is 2.12. The highest BCUT2D eigenvalue weighted by Gasteiger charge is 2.36. The number of carbonyl (C=O) groups excluding carboxylic acids is 1. The van der Waals surface area contributed by atoms with E-state index >= 15 is 0 Å². The SMILES string of the molecule is CN1CCCC1COc1nc2c(c(N3CCN(C(=O)OC(C)(C)C)C(CC#N)C3)n1)CCN(c1cc(O)cc3ccccc13)C2. The number of piperazine rings is 1. The van der Waals surface area contributed by atoms with Crippen molar-refractivity contribution in [1.82, 2.24) is 19.8 Å². The van der Waals surface area contributed by atoms with Crippen LogP contribution in [0, 0.1) is 11.3 Å². The third-order valence-corrected chi connectivity index (χ3v) is 9.00. The summed E-state index contributed by atoms with van der Waals surface area (Å²) in [5, 5.41) is 22.2. The lowest BCUT2D eigenvalue weighted by Gasteiger charge is -2.42. The molecule has 6 rings (SSSR count). The van der Waals surface area contributed by atoms with Crippen LogP contribution in [0.1, 0.15) is 51.3 Å². The summed E-state index contributed by atoms with van der Waals surface area (Å²) in [5.41, 5.74) is 2.29. The second-order valence-corrected chi connectivity index (χ2v) is 13.3. The molecule has 0 radical (unpaired) electrons. The van der Waals surface area contributed by atoms with Crippen LogP contribution in [0.3, 0.4) is 0 Å². The van der Waals surface area contributed by atoms with Crippen LogP contribution in [0.2, 0.25) is 0 Å². The van der Waals surface area contributed by atoms with E-state index in [0.717, 1.165) is 59.5 Å². The molecule has 45 heavy (non-hydrogen) atoms. The van der Waals surface area contributed by atoms with Gasteiger partial charge in [0, 0.05) is 54.9 Å². The maximum atomic E-state index is 13.1. The first-order valence-corrected chi connectivity index (χ1v) is 15.9. The Morgan fingerprint density at radius 2 is 1.91 bits per heavy atom. The van der Waals surface area contributed by atoms with Crippen LogP contribution in [-0.4, -0.2) is 95.0 Å². The van der Waals surface area contributed by atoms with Gasteiger partial charge in [0.1, 0.15) is 23.8 Å². The molecule has 3 aromatic rings. The van der Waals surface area contributed by atoms with Gasteiger partial charge in [-0.05, 0) is 65.1 Å². The quantitative estimate of drug-likeness (QED) is 0.419. The average Bonchev–Trinajstić information content (AvgIpc) is 3.42. The molecule has 1 aromatic heterocycles. The summed E-state index contributed by atoms with van der Waals surface area (Å²) in [6.45, 7) is 9.81. The highest BCUT2D eigenvalue weighted by Crippen LogP contribution is 2.37. The monoisotopic (exact) mass is 613 g/mol. The van der Waals surface area contributed by atoms with Crippen molar-refractivity contribution in [2.75, 3.05) is 56.2 Å². The van der Waals surface area contributed by atoms with Gasteiger partial charge in [-0.2, -0.15) is 15.2 Å². The fourth-order valence-corrected chi connectivity index (χ4v) is 6.71. The summed E-state index contributed by atoms with van der Waals surface area (Å²) in [6, 6.07) is 14.3. The zero-order valence-electron chi connectivity index (χ0n) is 26.7. The second-order valence-electron chi connectivity index (χ2n) is 13.3. The van der Waals surface area contributed by atoms with Gasteiger partial charge in [0.05, 0.1) is 30.8 Å².